The van der Waals surface area contributed by atoms with Crippen LogP contribution in [0.25, 0.3) is 0 Å². The van der Waals surface area contributed by atoms with Crippen molar-refractivity contribution in [1.82, 2.24) is 30.2 Å². The van der Waals surface area contributed by atoms with Gasteiger partial charge >= 0.3 is 0 Å². The van der Waals surface area contributed by atoms with Gasteiger partial charge in [-0.1, -0.05) is 24.3 Å². The molecule has 11 N–H and O–H groups in total. The number of aromatic nitrogens is 4. The highest BCUT2D eigenvalue weighted by atomic mass is 19.1. The Morgan fingerprint density at radius 1 is 0.697 bits per heavy atom. The summed E-state index contributed by atoms with van der Waals surface area (Å²) in [6.45, 7) is 7.26. The van der Waals surface area contributed by atoms with E-state index < -0.39 is 11.8 Å². The molecule has 2 fully saturated rings. The number of isocyanates is 1. The van der Waals surface area contributed by atoms with Crippen LogP contribution in [-0.4, -0.2) is 99.7 Å². The van der Waals surface area contributed by atoms with Gasteiger partial charge in [0.15, 0.2) is 0 Å². The lowest BCUT2D eigenvalue weighted by Crippen LogP contribution is -2.42. The van der Waals surface area contributed by atoms with Crippen molar-refractivity contribution in [2.24, 2.45) is 28.3 Å². The SMILES string of the molecule is CC(=O)Nc1cccc(Nc2ncc(C(N)=O)c(NCC3CCCN(C(=O)Cc4ccc(F)cc4)C3)n2)c1.CC(=O)Nc1cccc(Nc2ncc(C(N)=O)c(NCC3CCCNC3)n2)c1.O=C=Nc1ccc(F)cc1. The third-order valence-electron chi connectivity index (χ3n) is 11.6. The van der Waals surface area contributed by atoms with E-state index in [9.17, 15) is 37.5 Å². The summed E-state index contributed by atoms with van der Waals surface area (Å²) in [6.07, 6.45) is 8.37. The number of rotatable bonds is 17. The minimum atomic E-state index is -0.661. The van der Waals surface area contributed by atoms with Crippen LogP contribution in [0.2, 0.25) is 0 Å². The molecule has 6 aromatic rings. The molecule has 0 saturated carbocycles. The van der Waals surface area contributed by atoms with Crippen LogP contribution in [0.5, 0.6) is 0 Å². The Morgan fingerprint density at radius 2 is 1.20 bits per heavy atom. The normalized spacial score (nSPS) is 14.6. The summed E-state index contributed by atoms with van der Waals surface area (Å²) >= 11 is 0. The number of nitrogens with zero attached hydrogens (tertiary/aromatic N) is 6. The lowest BCUT2D eigenvalue weighted by molar-refractivity contribution is -0.132. The molecule has 2 saturated heterocycles. The fourth-order valence-electron chi connectivity index (χ4n) is 8.02. The minimum absolute atomic E-state index is 0.00542. The highest BCUT2D eigenvalue weighted by molar-refractivity contribution is 5.98. The molecule has 2 aromatic heterocycles. The number of piperidine rings is 2. The van der Waals surface area contributed by atoms with Crippen LogP contribution in [0, 0.1) is 23.5 Å². The third kappa shape index (κ3) is 18.4. The molecular formula is C53H59F2N15O6. The van der Waals surface area contributed by atoms with E-state index in [2.05, 4.69) is 62.1 Å². The second kappa shape index (κ2) is 28.3. The van der Waals surface area contributed by atoms with E-state index in [1.54, 1.807) is 54.6 Å². The molecule has 396 valence electrons. The zero-order valence-corrected chi connectivity index (χ0v) is 41.9. The Morgan fingerprint density at radius 3 is 1.68 bits per heavy atom. The molecule has 4 aromatic carbocycles. The average molecular weight is 1040 g/mol. The summed E-state index contributed by atoms with van der Waals surface area (Å²) in [5, 5.41) is 21.4. The molecule has 5 amide bonds. The monoisotopic (exact) mass is 1040 g/mol. The molecule has 2 unspecified atom stereocenters. The number of anilines is 8. The number of aliphatic imine (C=N–C) groups is 1. The Balaban J connectivity index is 0.000000215. The van der Waals surface area contributed by atoms with E-state index in [0.717, 1.165) is 44.3 Å². The maximum absolute atomic E-state index is 13.2. The molecule has 0 spiro atoms. The van der Waals surface area contributed by atoms with Crippen LogP contribution in [0.4, 0.5) is 60.8 Å². The minimum Gasteiger partial charge on any atom is -0.369 e. The van der Waals surface area contributed by atoms with Gasteiger partial charge in [-0.15, -0.1) is 0 Å². The number of nitrogens with one attached hydrogen (secondary N) is 7. The number of hydrogen-bond acceptors (Lipinski definition) is 16. The molecule has 8 rings (SSSR count). The number of nitrogens with two attached hydrogens (primary N) is 2. The molecule has 2 atom stereocenters. The Labute approximate surface area is 437 Å². The van der Waals surface area contributed by atoms with Gasteiger partial charge in [0, 0.05) is 75.2 Å². The second-order valence-electron chi connectivity index (χ2n) is 17.7. The standard InChI is InChI=1S/C27H30FN7O3.C19H25N7O2.C7H4FNO/c1-17(36)32-21-5-2-6-22(13-21)33-27-31-15-23(25(29)38)26(34-27)30-14-19-4-3-11-35(16-19)24(37)12-18-7-9-20(28)10-8-18;1-12(27)24-14-5-2-6-15(8-14)25-19-23-11-16(17(20)28)18(26-19)22-10-13-4-3-7-21-9-13;8-6-1-3-7(4-2-6)9-5-10/h2,5-10,13,15,19H,3-4,11-12,14,16H2,1H3,(H2,29,38)(H,32,36)(H2,30,31,33,34);2,5-6,8,11,13,21H,3-4,7,9-10H2,1H3,(H2,20,28)(H,24,27)(H2,22,23,25,26);1-4H. The van der Waals surface area contributed by atoms with Gasteiger partial charge < -0.3 is 53.6 Å². The lowest BCUT2D eigenvalue weighted by Gasteiger charge is -2.33. The average Bonchev–Trinajstić information content (AvgIpc) is 3.39. The first-order valence-corrected chi connectivity index (χ1v) is 24.3. The number of carbonyl (C=O) groups is 5. The first kappa shape index (κ1) is 56.1. The lowest BCUT2D eigenvalue weighted by atomic mass is 9.97. The molecule has 23 heteroatoms. The number of carbonyl (C=O) groups excluding carboxylic acids is 6. The van der Waals surface area contributed by atoms with Gasteiger partial charge in [-0.05, 0) is 129 Å². The van der Waals surface area contributed by atoms with Crippen LogP contribution < -0.4 is 48.7 Å². The van der Waals surface area contributed by atoms with Crippen molar-refractivity contribution in [3.63, 3.8) is 0 Å². The van der Waals surface area contributed by atoms with Crippen molar-refractivity contribution in [3.8, 4) is 0 Å². The Kier molecular flexibility index (Phi) is 20.9. The zero-order valence-electron chi connectivity index (χ0n) is 41.9. The van der Waals surface area contributed by atoms with Crippen molar-refractivity contribution >= 4 is 87.6 Å². The van der Waals surface area contributed by atoms with Crippen LogP contribution >= 0.6 is 0 Å². The molecule has 2 aliphatic heterocycles. The molecule has 4 heterocycles. The van der Waals surface area contributed by atoms with Crippen molar-refractivity contribution in [3.05, 3.63) is 138 Å². The summed E-state index contributed by atoms with van der Waals surface area (Å²) < 4.78 is 25.4. The van der Waals surface area contributed by atoms with Crippen molar-refractivity contribution < 1.29 is 37.5 Å². The molecule has 0 aliphatic carbocycles. The second-order valence-corrected chi connectivity index (χ2v) is 17.7. The van der Waals surface area contributed by atoms with E-state index >= 15 is 0 Å². The predicted octanol–water partition coefficient (Wildman–Crippen LogP) is 6.79. The van der Waals surface area contributed by atoms with Gasteiger partial charge in [0.05, 0.1) is 23.2 Å². The number of likely N-dealkylation sites (tertiary alicyclic amines) is 1. The number of benzene rings is 4. The van der Waals surface area contributed by atoms with E-state index in [-0.39, 0.29) is 58.8 Å². The molecule has 2 aliphatic rings. The maximum atomic E-state index is 13.2. The molecule has 21 nitrogen and oxygen atoms in total. The predicted molar refractivity (Wildman–Crippen MR) is 285 cm³/mol. The topological polar surface area (TPSA) is 306 Å². The smallest absolute Gasteiger partial charge is 0.254 e. The number of primary amides is 2. The molecular weight excluding hydrogens is 981 g/mol. The van der Waals surface area contributed by atoms with Gasteiger partial charge in [0.1, 0.15) is 23.3 Å². The van der Waals surface area contributed by atoms with E-state index in [1.807, 2.05) is 11.0 Å². The van der Waals surface area contributed by atoms with Gasteiger partial charge in [-0.2, -0.15) is 15.0 Å². The Hall–Kier alpha value is -9.21. The van der Waals surface area contributed by atoms with E-state index in [4.69, 9.17) is 11.5 Å². The highest BCUT2D eigenvalue weighted by Crippen LogP contribution is 2.25. The van der Waals surface area contributed by atoms with E-state index in [1.165, 1.54) is 68.7 Å². The van der Waals surface area contributed by atoms with Crippen LogP contribution in [0.3, 0.4) is 0 Å². The first-order chi connectivity index (χ1) is 36.6. The number of hydrogen-bond donors (Lipinski definition) is 9. The quantitative estimate of drug-likeness (QED) is 0.0335. The van der Waals surface area contributed by atoms with Gasteiger partial charge in [-0.25, -0.2) is 23.5 Å². The van der Waals surface area contributed by atoms with Crippen LogP contribution in [-0.2, 0) is 25.6 Å². The molecule has 0 radical (unpaired) electrons. The van der Waals surface area contributed by atoms with E-state index in [0.29, 0.717) is 78.1 Å². The fourth-order valence-corrected chi connectivity index (χ4v) is 8.02. The third-order valence-corrected chi connectivity index (χ3v) is 11.6. The van der Waals surface area contributed by atoms with Gasteiger partial charge in [-0.3, -0.25) is 24.0 Å². The summed E-state index contributed by atoms with van der Waals surface area (Å²) in [6, 6.07) is 25.5. The highest BCUT2D eigenvalue weighted by Gasteiger charge is 2.25. The largest absolute Gasteiger partial charge is 0.369 e. The first-order valence-electron chi connectivity index (χ1n) is 24.3. The maximum Gasteiger partial charge on any atom is 0.254 e. The summed E-state index contributed by atoms with van der Waals surface area (Å²) in [5.74, 6) is -0.367. The van der Waals surface area contributed by atoms with Crippen LogP contribution in [0.1, 0.15) is 65.8 Å². The van der Waals surface area contributed by atoms with Gasteiger partial charge in [0.25, 0.3) is 11.8 Å². The number of amides is 5. The Bertz CT molecular complexity index is 3010. The summed E-state index contributed by atoms with van der Waals surface area (Å²) in [5.41, 5.74) is 15.2. The van der Waals surface area contributed by atoms with Crippen LogP contribution in [0.15, 0.2) is 114 Å². The molecule has 0 bridgehead atoms. The summed E-state index contributed by atoms with van der Waals surface area (Å²) in [7, 11) is 0. The molecule has 76 heavy (non-hydrogen) atoms. The van der Waals surface area contributed by atoms with Gasteiger partial charge in [0.2, 0.25) is 35.7 Å². The zero-order chi connectivity index (χ0) is 54.4. The fraction of sp³-hybridized carbons (Fsp3) is 0.283. The number of halogens is 2. The van der Waals surface area contributed by atoms with Crippen molar-refractivity contribution in [2.45, 2.75) is 46.0 Å². The van der Waals surface area contributed by atoms with Crippen molar-refractivity contribution in [2.75, 3.05) is 71.2 Å². The van der Waals surface area contributed by atoms with Crippen molar-refractivity contribution in [1.29, 1.82) is 0 Å². The summed E-state index contributed by atoms with van der Waals surface area (Å²) in [4.78, 5) is 91.1.